The van der Waals surface area contributed by atoms with Crippen LogP contribution in [-0.4, -0.2) is 206 Å². The van der Waals surface area contributed by atoms with Gasteiger partial charge in [-0.25, -0.2) is 45.7 Å². The number of primary amides is 2. The quantitative estimate of drug-likeness (QED) is 0.00355. The zero-order chi connectivity index (χ0) is 106. The number of nitrogens with two attached hydrogens (primary N) is 4. The molecule has 47 heteroatoms. The monoisotopic (exact) mass is 2350 g/mol. The first-order valence-electron chi connectivity index (χ1n) is 46.4. The molecule has 2 aliphatic heterocycles. The molecule has 8 aliphatic rings. The van der Waals surface area contributed by atoms with Crippen LogP contribution in [0.1, 0.15) is 190 Å². The number of benzene rings is 6. The number of nitrogens with one attached hydrogen (secondary N) is 5. The van der Waals surface area contributed by atoms with E-state index in [1.165, 1.54) is 115 Å². The number of nitrogen functional groups attached to an aromatic ring is 1. The number of anilines is 6. The molecule has 0 unspecified atom stereocenters. The zero-order valence-electron chi connectivity index (χ0n) is 80.7. The highest BCUT2D eigenvalue weighted by Crippen LogP contribution is 2.41. The Morgan fingerprint density at radius 1 is 0.510 bits per heavy atom. The highest BCUT2D eigenvalue weighted by Gasteiger charge is 2.41. The summed E-state index contributed by atoms with van der Waals surface area (Å²) in [6, 6.07) is 19.4. The lowest BCUT2D eigenvalue weighted by molar-refractivity contribution is -0.387. The summed E-state index contributed by atoms with van der Waals surface area (Å²) >= 11 is 5.69. The number of aromatic nitrogens is 8. The summed E-state index contributed by atoms with van der Waals surface area (Å²) in [7, 11) is 11.0. The van der Waals surface area contributed by atoms with Gasteiger partial charge in [0.1, 0.15) is 74.7 Å². The maximum absolute atomic E-state index is 15.1. The second-order valence-electron chi connectivity index (χ2n) is 34.8. The normalized spacial score (nSPS) is 17.1. The first kappa shape index (κ1) is 115. The van der Waals surface area contributed by atoms with Gasteiger partial charge in [-0.05, 0) is 244 Å². The van der Waals surface area contributed by atoms with Crippen molar-refractivity contribution in [2.24, 2.45) is 17.2 Å². The van der Waals surface area contributed by atoms with Gasteiger partial charge in [-0.1, -0.05) is 25.5 Å². The van der Waals surface area contributed by atoms with E-state index in [0.717, 1.165) is 111 Å². The molecule has 37 nitrogen and oxygen atoms in total. The van der Waals surface area contributed by atoms with Crippen LogP contribution in [0.25, 0.3) is 22.1 Å². The molecule has 0 spiro atoms. The Hall–Kier alpha value is -12.4. The molecule has 0 radical (unpaired) electrons. The fraction of sp³-hybridized carbons (Fsp3) is 0.429. The number of nitrogens with zero attached hydrogens (tertiary/aromatic N) is 13. The second kappa shape index (κ2) is 54.7. The Kier molecular flexibility index (Phi) is 43.2. The summed E-state index contributed by atoms with van der Waals surface area (Å²) in [6.07, 6.45) is 33.4. The van der Waals surface area contributed by atoms with Crippen LogP contribution in [0, 0.1) is 106 Å². The maximum Gasteiger partial charge on any atom is 0.304 e. The molecule has 4 amide bonds. The lowest BCUT2D eigenvalue weighted by atomic mass is 9.93. The minimum Gasteiger partial charge on any atom is -0.397 e. The predicted octanol–water partition coefficient (Wildman–Crippen LogP) is 17.7. The molecule has 13 N–H and O–H groups in total. The van der Waals surface area contributed by atoms with Gasteiger partial charge in [-0.15, -0.1) is 6.42 Å². The van der Waals surface area contributed by atoms with Crippen molar-refractivity contribution in [3.8, 4) is 24.2 Å². The van der Waals surface area contributed by atoms with Crippen LogP contribution in [0.15, 0.2) is 123 Å². The SMILES string of the molecule is C#Cc1nn([C@H]2C[C@H](COC)N(C(=O)C=C)C2)c(NC)c1C(N)=O.C=CC(=O)N1C[C@@H](n2nc(C#Cc3cc4ncn(C5CCC5)c4cc3F)c(C(N)=O)c2NC)C[C@@H]1COC.COC(OC)OC.Fc1cc2c(cc1I)ncn2C1CCC1.NC1CCC1.Nc1cc(I)c(F)cc1NC1CCC1.O=[N+]([O-])c1cc(I)c(F)cc1NC1CCC1.O=[N+]([O-])c1ccc(F)cc1F.O=[N+]([O-])c1ccc(F)cc1NC1CCC1. The fourth-order valence-corrected chi connectivity index (χ4v) is 17.7. The molecule has 778 valence electrons. The number of fused-ring (bicyclic) bond motifs is 2. The average Bonchev–Trinajstić information content (AvgIpc) is 1.62. The van der Waals surface area contributed by atoms with Crippen LogP contribution in [0.3, 0.4) is 0 Å². The Balaban J connectivity index is 0.000000176. The van der Waals surface area contributed by atoms with Crippen LogP contribution in [0.5, 0.6) is 0 Å². The first-order chi connectivity index (χ1) is 69.3. The van der Waals surface area contributed by atoms with E-state index in [0.29, 0.717) is 99.4 Å². The third kappa shape index (κ3) is 30.2. The van der Waals surface area contributed by atoms with Crippen molar-refractivity contribution in [2.75, 3.05) is 108 Å². The number of halogens is 10. The third-order valence-electron chi connectivity index (χ3n) is 25.3. The highest BCUT2D eigenvalue weighted by molar-refractivity contribution is 14.1. The van der Waals surface area contributed by atoms with E-state index in [1.54, 1.807) is 101 Å². The summed E-state index contributed by atoms with van der Waals surface area (Å²) in [5.74, 6) is 3.43. The number of amides is 4. The second-order valence-corrected chi connectivity index (χ2v) is 38.2. The molecule has 6 heterocycles. The number of methoxy groups -OCH3 is 5. The van der Waals surface area contributed by atoms with E-state index in [4.69, 9.17) is 38.8 Å². The van der Waals surface area contributed by atoms with Crippen molar-refractivity contribution in [1.82, 2.24) is 48.5 Å². The van der Waals surface area contributed by atoms with Crippen LogP contribution in [-0.2, 0) is 33.3 Å². The van der Waals surface area contributed by atoms with E-state index in [9.17, 15) is 75.9 Å². The number of hydrogen-bond acceptors (Lipinski definition) is 26. The molecule has 145 heavy (non-hydrogen) atoms. The van der Waals surface area contributed by atoms with Gasteiger partial charge in [-0.2, -0.15) is 14.6 Å². The minimum atomic E-state index is -1.16. The first-order valence-corrected chi connectivity index (χ1v) is 49.6. The van der Waals surface area contributed by atoms with Gasteiger partial charge in [0.15, 0.2) is 5.69 Å². The van der Waals surface area contributed by atoms with E-state index in [2.05, 4.69) is 96.4 Å². The summed E-state index contributed by atoms with van der Waals surface area (Å²) in [6.45, 7) is 8.11. The predicted molar refractivity (Wildman–Crippen MR) is 561 cm³/mol. The Morgan fingerprint density at radius 2 is 0.903 bits per heavy atom. The highest BCUT2D eigenvalue weighted by atomic mass is 127. The molecular weight excluding hydrogens is 2240 g/mol. The summed E-state index contributed by atoms with van der Waals surface area (Å²) in [5.41, 5.74) is 27.3. The summed E-state index contributed by atoms with van der Waals surface area (Å²) in [5, 5.41) is 55.5. The number of nitro benzene ring substituents is 3. The van der Waals surface area contributed by atoms with Crippen molar-refractivity contribution >= 4 is 165 Å². The molecule has 6 saturated carbocycles. The molecule has 6 aromatic carbocycles. The number of carbonyl (C=O) groups is 4. The van der Waals surface area contributed by atoms with Crippen molar-refractivity contribution in [3.05, 3.63) is 233 Å². The molecule has 0 bridgehead atoms. The van der Waals surface area contributed by atoms with Crippen molar-refractivity contribution in [1.29, 1.82) is 0 Å². The van der Waals surface area contributed by atoms with Gasteiger partial charge in [0.05, 0.1) is 115 Å². The Labute approximate surface area is 873 Å². The van der Waals surface area contributed by atoms with Gasteiger partial charge >= 0.3 is 5.69 Å². The molecule has 18 rings (SSSR count). The number of hydrogen-bond donors (Lipinski definition) is 9. The summed E-state index contributed by atoms with van der Waals surface area (Å²) < 4.78 is 126. The number of carbonyl (C=O) groups excluding carboxylic acids is 4. The minimum absolute atomic E-state index is 0.0577. The zero-order valence-corrected chi connectivity index (χ0v) is 87.2. The van der Waals surface area contributed by atoms with Gasteiger partial charge < -0.3 is 92.1 Å². The molecule has 8 fully saturated rings. The molecule has 10 aromatic rings. The maximum atomic E-state index is 15.1. The topological polar surface area (TPSA) is 486 Å². The number of terminal acetylenes is 1. The molecule has 2 saturated heterocycles. The number of likely N-dealkylation sites (tertiary alicyclic amines) is 2. The lowest BCUT2D eigenvalue weighted by Gasteiger charge is -2.28. The van der Waals surface area contributed by atoms with Gasteiger partial charge in [0.2, 0.25) is 17.6 Å². The lowest BCUT2D eigenvalue weighted by Crippen LogP contribution is -2.37. The Morgan fingerprint density at radius 3 is 1.29 bits per heavy atom. The fourth-order valence-electron chi connectivity index (χ4n) is 16.3. The largest absolute Gasteiger partial charge is 0.397 e. The molecule has 4 atom stereocenters. The summed E-state index contributed by atoms with van der Waals surface area (Å²) in [4.78, 5) is 90.3. The van der Waals surface area contributed by atoms with Crippen LogP contribution >= 0.6 is 67.8 Å². The third-order valence-corrected chi connectivity index (χ3v) is 27.8. The average molecular weight is 2360 g/mol. The molecular formula is C98H116F7I3N22O15. The molecule has 6 aliphatic carbocycles. The standard InChI is InChI=1S/C27H30FN7O3.C16H21N5O3.C11H10FIN2.C10H10FIN2O2.C10H12FIN2.C10H11FN2O2.C6H3F2NO2.C4H9N.C4H10O3/c1-4-24(36)33-13-18(11-19(33)14-38-3)35-27(30-2)25(26(29)37)21(32-35)9-8-16-10-22-23(12-20(16)28)34(15-31-22)17-6-5-7-17;1-5-12-14(15(17)23)16(18-3)21(19-12)10-7-11(9-24-4)20(8-10)13(22)6-2;12-8-4-11-10(5-9(8)13)14-6-15(11)7-2-1-3-7;11-7-4-9(13-6-2-1-3-6)10(14(15)16)5-8(7)12;11-7-4-10(9(13)5-8(7)12)14-6-2-1-3-6;11-7-4-5-10(13(14)15)9(6-7)12-8-2-1-3-8;7-4-1-2-6(9(10)11)5(8)3-4;5-4-2-1-3-4;1-5-4(6-2)7-3/h4,10,12,15,17-19,30H,1,5-7,11,13-14H2,2-3H3,(H2,29,37);1,6,10-11,18H,2,7-9H2,3-4H3,(H2,17,23);4-7H,1-3H2;4-6,13H,1-3H2;4-6,14H,1-3,13H2;4-6,8,12H,1-3H2;1-3H;4H,1-3,5H2;4H,1-3H3/t18-,19+;10-,11+;;;;;;;/m00......./s1. The number of nitro groups is 3. The smallest absolute Gasteiger partial charge is 0.304 e. The van der Waals surface area contributed by atoms with Gasteiger partial charge in [0.25, 0.3) is 29.7 Å². The van der Waals surface area contributed by atoms with Crippen LogP contribution in [0.4, 0.5) is 82.2 Å². The van der Waals surface area contributed by atoms with Crippen molar-refractivity contribution in [3.63, 3.8) is 0 Å². The van der Waals surface area contributed by atoms with Crippen LogP contribution in [0.2, 0.25) is 0 Å². The number of imidazole rings is 2. The van der Waals surface area contributed by atoms with Gasteiger partial charge in [-0.3, -0.25) is 49.5 Å². The number of ether oxygens (including phenoxy) is 5. The van der Waals surface area contributed by atoms with E-state index >= 15 is 4.39 Å². The van der Waals surface area contributed by atoms with Crippen molar-refractivity contribution < 1.29 is 88.4 Å². The van der Waals surface area contributed by atoms with Gasteiger partial charge in [0, 0.05) is 154 Å². The van der Waals surface area contributed by atoms with E-state index in [1.807, 2.05) is 56.1 Å². The molecule has 4 aromatic heterocycles. The van der Waals surface area contributed by atoms with Crippen molar-refractivity contribution in [2.45, 2.75) is 195 Å². The number of rotatable bonds is 26. The Bertz CT molecular complexity index is 6360. The van der Waals surface area contributed by atoms with E-state index in [-0.39, 0.29) is 114 Å². The van der Waals surface area contributed by atoms with E-state index < -0.39 is 67.8 Å². The van der Waals surface area contributed by atoms with Crippen LogP contribution < -0.4 is 49.5 Å².